The van der Waals surface area contributed by atoms with Crippen LogP contribution in [0.25, 0.3) is 0 Å². The van der Waals surface area contributed by atoms with Gasteiger partial charge in [0.15, 0.2) is 0 Å². The lowest BCUT2D eigenvalue weighted by molar-refractivity contribution is -0.113. The number of carbonyl (C=O) groups excluding carboxylic acids is 2. The number of rotatable bonds is 9. The normalized spacial score (nSPS) is 22.9. The van der Waals surface area contributed by atoms with Gasteiger partial charge in [0.2, 0.25) is 0 Å². The van der Waals surface area contributed by atoms with Gasteiger partial charge in [0.1, 0.15) is 24.8 Å². The summed E-state index contributed by atoms with van der Waals surface area (Å²) in [7, 11) is 0. The third-order valence-electron chi connectivity index (χ3n) is 4.93. The number of benzene rings is 1. The maximum Gasteiger partial charge on any atom is 0.410 e. The summed E-state index contributed by atoms with van der Waals surface area (Å²) in [6.07, 6.45) is 1.66. The number of hydrogen-bond acceptors (Lipinski definition) is 6. The minimum atomic E-state index is -0.611. The van der Waals surface area contributed by atoms with Gasteiger partial charge < -0.3 is 29.6 Å². The lowest BCUT2D eigenvalue weighted by Gasteiger charge is -2.47. The van der Waals surface area contributed by atoms with E-state index in [-0.39, 0.29) is 31.2 Å². The van der Waals surface area contributed by atoms with Gasteiger partial charge in [-0.15, -0.1) is 0 Å². The van der Waals surface area contributed by atoms with Crippen LogP contribution >= 0.6 is 11.6 Å². The van der Waals surface area contributed by atoms with Crippen LogP contribution in [0.2, 0.25) is 5.02 Å². The Morgan fingerprint density at radius 2 is 2.11 bits per heavy atom. The van der Waals surface area contributed by atoms with Crippen LogP contribution in [0.15, 0.2) is 18.2 Å². The van der Waals surface area contributed by atoms with Crippen molar-refractivity contribution < 1.29 is 28.2 Å². The Bertz CT molecular complexity index is 708. The Kier molecular flexibility index (Phi) is 6.87. The third-order valence-corrected chi connectivity index (χ3v) is 5.28. The summed E-state index contributed by atoms with van der Waals surface area (Å²) in [4.78, 5) is 23.9. The molecule has 1 saturated carbocycles. The molecule has 7 nitrogen and oxygen atoms in total. The van der Waals surface area contributed by atoms with Gasteiger partial charge in [-0.1, -0.05) is 17.7 Å². The highest BCUT2D eigenvalue weighted by molar-refractivity contribution is 6.31. The third kappa shape index (κ3) is 5.41. The molecular weight excluding hydrogens is 391 g/mol. The van der Waals surface area contributed by atoms with Crippen molar-refractivity contribution in [2.45, 2.75) is 31.1 Å². The van der Waals surface area contributed by atoms with Gasteiger partial charge >= 0.3 is 6.09 Å². The van der Waals surface area contributed by atoms with E-state index in [1.165, 1.54) is 17.0 Å². The molecule has 1 aromatic rings. The molecule has 1 aliphatic carbocycles. The van der Waals surface area contributed by atoms with Gasteiger partial charge in [0.25, 0.3) is 0 Å². The number of amides is 1. The Labute approximate surface area is 167 Å². The molecule has 1 saturated heterocycles. The largest absolute Gasteiger partial charge is 0.446 e. The fraction of sp³-hybridized carbons (Fsp3) is 0.579. The molecule has 2 fully saturated rings. The monoisotopic (exact) mass is 414 g/mol. The zero-order valence-electron chi connectivity index (χ0n) is 15.4. The highest BCUT2D eigenvalue weighted by Gasteiger charge is 2.44. The van der Waals surface area contributed by atoms with Crippen LogP contribution in [0.5, 0.6) is 0 Å². The summed E-state index contributed by atoms with van der Waals surface area (Å²) in [5, 5.41) is 0.350. The van der Waals surface area contributed by atoms with Gasteiger partial charge in [0, 0.05) is 18.1 Å². The molecule has 1 heterocycles. The number of likely N-dealkylation sites (tertiary alicyclic amines) is 1. The van der Waals surface area contributed by atoms with Crippen molar-refractivity contribution in [3.63, 3.8) is 0 Å². The Morgan fingerprint density at radius 3 is 2.79 bits per heavy atom. The van der Waals surface area contributed by atoms with Gasteiger partial charge in [-0.25, -0.2) is 9.18 Å². The number of nitrogens with zero attached hydrogens (tertiary/aromatic N) is 1. The second kappa shape index (κ2) is 9.17. The number of ether oxygens (including phenoxy) is 3. The van der Waals surface area contributed by atoms with Crippen molar-refractivity contribution in [3.8, 4) is 0 Å². The summed E-state index contributed by atoms with van der Waals surface area (Å²) in [6, 6.07) is 4.22. The maximum atomic E-state index is 13.0. The minimum Gasteiger partial charge on any atom is -0.446 e. The first-order valence-electron chi connectivity index (χ1n) is 9.16. The zero-order chi connectivity index (χ0) is 20.1. The van der Waals surface area contributed by atoms with Crippen molar-refractivity contribution in [1.82, 2.24) is 4.90 Å². The van der Waals surface area contributed by atoms with Crippen molar-refractivity contribution in [3.05, 3.63) is 34.6 Å². The fourth-order valence-corrected chi connectivity index (χ4v) is 3.56. The summed E-state index contributed by atoms with van der Waals surface area (Å²) in [6.45, 7) is 1.79. The van der Waals surface area contributed by atoms with E-state index in [1.807, 2.05) is 0 Å². The average Bonchev–Trinajstić information content (AvgIpc) is 2.59. The molecule has 154 valence electrons. The Hall–Kier alpha value is -1.74. The first kappa shape index (κ1) is 21.0. The smallest absolute Gasteiger partial charge is 0.410 e. The topological polar surface area (TPSA) is 91.1 Å². The van der Waals surface area contributed by atoms with E-state index in [2.05, 4.69) is 0 Å². The molecule has 0 aromatic heterocycles. The molecule has 28 heavy (non-hydrogen) atoms. The fourth-order valence-electron chi connectivity index (χ4n) is 3.34. The first-order valence-corrected chi connectivity index (χ1v) is 9.54. The maximum absolute atomic E-state index is 13.0. The summed E-state index contributed by atoms with van der Waals surface area (Å²) >= 11 is 5.96. The molecule has 2 N–H and O–H groups in total. The summed E-state index contributed by atoms with van der Waals surface area (Å²) in [5.74, 6) is -0.0567. The summed E-state index contributed by atoms with van der Waals surface area (Å²) < 4.78 is 29.2. The molecule has 1 amide bonds. The molecule has 2 aliphatic rings. The van der Waals surface area contributed by atoms with Crippen LogP contribution in [0, 0.1) is 11.7 Å². The van der Waals surface area contributed by atoms with E-state index in [1.54, 1.807) is 6.07 Å². The average molecular weight is 415 g/mol. The highest BCUT2D eigenvalue weighted by atomic mass is 35.5. The number of aldehydes is 1. The van der Waals surface area contributed by atoms with E-state index in [0.29, 0.717) is 43.5 Å². The molecule has 0 spiro atoms. The Balaban J connectivity index is 1.28. The lowest BCUT2D eigenvalue weighted by Crippen LogP contribution is -2.71. The van der Waals surface area contributed by atoms with Crippen molar-refractivity contribution >= 4 is 24.0 Å². The quantitative estimate of drug-likeness (QED) is 0.491. The highest BCUT2D eigenvalue weighted by Crippen LogP contribution is 2.32. The molecule has 0 bridgehead atoms. The molecule has 0 unspecified atom stereocenters. The summed E-state index contributed by atoms with van der Waals surface area (Å²) in [5.41, 5.74) is 6.19. The van der Waals surface area contributed by atoms with Gasteiger partial charge in [-0.3, -0.25) is 0 Å². The number of halogens is 2. The molecule has 9 heteroatoms. The van der Waals surface area contributed by atoms with Crippen molar-refractivity contribution in [2.75, 3.05) is 32.9 Å². The van der Waals surface area contributed by atoms with E-state index in [9.17, 15) is 14.0 Å². The van der Waals surface area contributed by atoms with E-state index in [0.717, 1.165) is 18.4 Å². The second-order valence-electron chi connectivity index (χ2n) is 7.49. The molecule has 1 aromatic carbocycles. The SMILES string of the molecule is NC1(COCC=O)CN(C(=O)OC2CC(COCc3ccc(F)cc3Cl)C2)C1. The molecular formula is C19H24ClFN2O5. The van der Waals surface area contributed by atoms with Crippen LogP contribution in [-0.4, -0.2) is 61.8 Å². The molecule has 0 radical (unpaired) electrons. The minimum absolute atomic E-state index is 0.00228. The molecule has 0 atom stereocenters. The zero-order valence-corrected chi connectivity index (χ0v) is 16.2. The van der Waals surface area contributed by atoms with E-state index in [4.69, 9.17) is 31.5 Å². The second-order valence-corrected chi connectivity index (χ2v) is 7.90. The Morgan fingerprint density at radius 1 is 1.36 bits per heavy atom. The number of hydrogen-bond donors (Lipinski definition) is 1. The standard InChI is InChI=1S/C19H24ClFN2O5/c20-17-7-15(21)2-1-14(17)9-27-8-13-5-16(6-13)28-18(25)23-10-19(22,11-23)12-26-4-3-24/h1-3,7,13,16H,4-6,8-12,22H2. The molecule has 3 rings (SSSR count). The van der Waals surface area contributed by atoms with Gasteiger partial charge in [0.05, 0.1) is 25.4 Å². The van der Waals surface area contributed by atoms with Crippen LogP contribution in [-0.2, 0) is 25.6 Å². The van der Waals surface area contributed by atoms with Crippen LogP contribution in [0.4, 0.5) is 9.18 Å². The van der Waals surface area contributed by atoms with Gasteiger partial charge in [-0.05, 0) is 36.5 Å². The lowest BCUT2D eigenvalue weighted by atomic mass is 9.83. The van der Waals surface area contributed by atoms with E-state index >= 15 is 0 Å². The predicted molar refractivity (Wildman–Crippen MR) is 99.4 cm³/mol. The van der Waals surface area contributed by atoms with Gasteiger partial charge in [-0.2, -0.15) is 0 Å². The van der Waals surface area contributed by atoms with Crippen LogP contribution < -0.4 is 5.73 Å². The van der Waals surface area contributed by atoms with Crippen molar-refractivity contribution in [1.29, 1.82) is 0 Å². The molecule has 1 aliphatic heterocycles. The number of nitrogens with two attached hydrogens (primary N) is 1. The van der Waals surface area contributed by atoms with Crippen LogP contribution in [0.1, 0.15) is 18.4 Å². The van der Waals surface area contributed by atoms with Crippen LogP contribution in [0.3, 0.4) is 0 Å². The van der Waals surface area contributed by atoms with E-state index < -0.39 is 5.54 Å². The predicted octanol–water partition coefficient (Wildman–Crippen LogP) is 2.14. The van der Waals surface area contributed by atoms with Crippen molar-refractivity contribution in [2.24, 2.45) is 11.7 Å². The number of carbonyl (C=O) groups is 2. The first-order chi connectivity index (χ1) is 13.4.